The highest BCUT2D eigenvalue weighted by atomic mass is 35.5. The summed E-state index contributed by atoms with van der Waals surface area (Å²) in [5.41, 5.74) is 7.17. The van der Waals surface area contributed by atoms with Gasteiger partial charge in [0.1, 0.15) is 6.04 Å². The number of nitrogens with two attached hydrogens (primary N) is 1. The van der Waals surface area contributed by atoms with E-state index in [-0.39, 0.29) is 42.8 Å². The lowest BCUT2D eigenvalue weighted by molar-refractivity contribution is -0.138. The van der Waals surface area contributed by atoms with Gasteiger partial charge in [-0.05, 0) is 31.2 Å². The molecule has 4 nitrogen and oxygen atoms in total. The van der Waals surface area contributed by atoms with Crippen molar-refractivity contribution in [3.8, 4) is 0 Å². The highest BCUT2D eigenvalue weighted by Gasteiger charge is 2.34. The minimum atomic E-state index is -0.126. The minimum absolute atomic E-state index is 0. The molecule has 26 heavy (non-hydrogen) atoms. The summed E-state index contributed by atoms with van der Waals surface area (Å²) < 4.78 is 0. The lowest BCUT2D eigenvalue weighted by Crippen LogP contribution is -2.49. The third kappa shape index (κ3) is 5.77. The Balaban J connectivity index is 0.00000169. The normalized spacial score (nSPS) is 21.2. The zero-order valence-electron chi connectivity index (χ0n) is 15.4. The van der Waals surface area contributed by atoms with Crippen LogP contribution in [-0.2, 0) is 4.79 Å². The third-order valence-electron chi connectivity index (χ3n) is 5.35. The number of halogens is 2. The van der Waals surface area contributed by atoms with Gasteiger partial charge < -0.3 is 10.6 Å². The van der Waals surface area contributed by atoms with E-state index < -0.39 is 0 Å². The number of piperidine rings is 1. The monoisotopic (exact) mass is 419 g/mol. The molecule has 0 saturated carbocycles. The van der Waals surface area contributed by atoms with Gasteiger partial charge in [-0.2, -0.15) is 11.8 Å². The van der Waals surface area contributed by atoms with Crippen LogP contribution in [0.25, 0.3) is 0 Å². The van der Waals surface area contributed by atoms with Crippen molar-refractivity contribution in [3.63, 3.8) is 0 Å². The van der Waals surface area contributed by atoms with Crippen LogP contribution in [0.1, 0.15) is 31.4 Å². The molecule has 2 fully saturated rings. The molecule has 2 unspecified atom stereocenters. The molecule has 2 heterocycles. The third-order valence-corrected chi connectivity index (χ3v) is 6.30. The molecular weight excluding hydrogens is 389 g/mol. The molecule has 0 radical (unpaired) electrons. The van der Waals surface area contributed by atoms with Crippen LogP contribution in [0.4, 0.5) is 0 Å². The number of thioether (sulfide) groups is 1. The second-order valence-corrected chi connectivity index (χ2v) is 8.21. The number of hydrogen-bond acceptors (Lipinski definition) is 4. The Morgan fingerprint density at radius 3 is 2.19 bits per heavy atom. The molecule has 1 amide bonds. The van der Waals surface area contributed by atoms with Crippen LogP contribution in [0, 0.1) is 5.92 Å². The molecule has 0 aliphatic carbocycles. The Morgan fingerprint density at radius 2 is 1.65 bits per heavy atom. The van der Waals surface area contributed by atoms with E-state index in [1.165, 1.54) is 0 Å². The summed E-state index contributed by atoms with van der Waals surface area (Å²) in [6.45, 7) is 5.76. The Hall–Kier alpha value is -0.460. The number of benzene rings is 1. The van der Waals surface area contributed by atoms with Crippen molar-refractivity contribution in [2.75, 3.05) is 37.7 Å². The fourth-order valence-electron chi connectivity index (χ4n) is 3.80. The number of amides is 1. The van der Waals surface area contributed by atoms with Crippen LogP contribution < -0.4 is 5.73 Å². The van der Waals surface area contributed by atoms with Crippen molar-refractivity contribution in [1.82, 2.24) is 9.80 Å². The summed E-state index contributed by atoms with van der Waals surface area (Å²) >= 11 is 1.98. The highest BCUT2D eigenvalue weighted by Crippen LogP contribution is 2.28. The van der Waals surface area contributed by atoms with E-state index in [0.29, 0.717) is 5.92 Å². The topological polar surface area (TPSA) is 49.6 Å². The Labute approximate surface area is 174 Å². The maximum Gasteiger partial charge on any atom is 0.244 e. The summed E-state index contributed by atoms with van der Waals surface area (Å²) in [4.78, 5) is 17.8. The van der Waals surface area contributed by atoms with Gasteiger partial charge in [0.2, 0.25) is 5.91 Å². The Bertz CT molecular complexity index is 533. The summed E-state index contributed by atoms with van der Waals surface area (Å²) in [5, 5.41) is 0. The molecule has 0 bridgehead atoms. The molecule has 3 rings (SSSR count). The van der Waals surface area contributed by atoms with Crippen molar-refractivity contribution in [3.05, 3.63) is 35.9 Å². The van der Waals surface area contributed by atoms with E-state index in [2.05, 4.69) is 28.9 Å². The van der Waals surface area contributed by atoms with E-state index in [0.717, 1.165) is 56.1 Å². The first-order valence-electron chi connectivity index (χ1n) is 9.08. The summed E-state index contributed by atoms with van der Waals surface area (Å²) in [5.74, 6) is 3.05. The van der Waals surface area contributed by atoms with Gasteiger partial charge in [0.15, 0.2) is 0 Å². The van der Waals surface area contributed by atoms with Crippen LogP contribution in [0.15, 0.2) is 30.3 Å². The molecule has 2 N–H and O–H groups in total. The predicted octanol–water partition coefficient (Wildman–Crippen LogP) is 3.21. The van der Waals surface area contributed by atoms with Crippen LogP contribution in [-0.4, -0.2) is 59.4 Å². The van der Waals surface area contributed by atoms with Crippen LogP contribution >= 0.6 is 36.6 Å². The zero-order chi connectivity index (χ0) is 16.9. The fourth-order valence-corrected chi connectivity index (χ4v) is 4.73. The number of rotatable bonds is 4. The summed E-state index contributed by atoms with van der Waals surface area (Å²) in [6, 6.07) is 10.4. The molecule has 2 saturated heterocycles. The number of nitrogens with zero attached hydrogens (tertiary/aromatic N) is 2. The van der Waals surface area contributed by atoms with E-state index in [1.807, 2.05) is 30.0 Å². The average Bonchev–Trinajstić information content (AvgIpc) is 2.64. The fraction of sp³-hybridized carbons (Fsp3) is 0.632. The first-order valence-corrected chi connectivity index (χ1v) is 10.2. The summed E-state index contributed by atoms with van der Waals surface area (Å²) in [6.07, 6.45) is 2.06. The van der Waals surface area contributed by atoms with E-state index in [9.17, 15) is 4.79 Å². The standard InChI is InChI=1S/C19H29N3OS.2ClH/c1-15(20)16-7-9-22(10-8-16)19(23)18(17-5-3-2-4-6-17)21-11-13-24-14-12-21;;/h2-6,15-16,18H,7-14,20H2,1H3;2*1H. The van der Waals surface area contributed by atoms with E-state index >= 15 is 0 Å². The smallest absolute Gasteiger partial charge is 0.244 e. The van der Waals surface area contributed by atoms with Gasteiger partial charge in [-0.3, -0.25) is 9.69 Å². The van der Waals surface area contributed by atoms with Crippen molar-refractivity contribution in [2.24, 2.45) is 11.7 Å². The highest BCUT2D eigenvalue weighted by molar-refractivity contribution is 7.99. The quantitative estimate of drug-likeness (QED) is 0.813. The van der Waals surface area contributed by atoms with Gasteiger partial charge in [-0.1, -0.05) is 30.3 Å². The second kappa shape index (κ2) is 11.4. The van der Waals surface area contributed by atoms with Crippen molar-refractivity contribution in [2.45, 2.75) is 31.8 Å². The molecular formula is C19H31Cl2N3OS. The van der Waals surface area contributed by atoms with Crippen LogP contribution in [0.5, 0.6) is 0 Å². The van der Waals surface area contributed by atoms with E-state index in [1.54, 1.807) is 0 Å². The zero-order valence-corrected chi connectivity index (χ0v) is 17.8. The molecule has 148 valence electrons. The summed E-state index contributed by atoms with van der Waals surface area (Å²) in [7, 11) is 0. The molecule has 1 aromatic rings. The Morgan fingerprint density at radius 1 is 1.08 bits per heavy atom. The first-order chi connectivity index (χ1) is 11.7. The largest absolute Gasteiger partial charge is 0.341 e. The minimum Gasteiger partial charge on any atom is -0.341 e. The molecule has 0 aromatic heterocycles. The number of carbonyl (C=O) groups excluding carboxylic acids is 1. The lowest BCUT2D eigenvalue weighted by atomic mass is 9.90. The molecule has 1 aromatic carbocycles. The van der Waals surface area contributed by atoms with Gasteiger partial charge in [-0.15, -0.1) is 24.8 Å². The average molecular weight is 420 g/mol. The van der Waals surface area contributed by atoms with Crippen molar-refractivity contribution in [1.29, 1.82) is 0 Å². The van der Waals surface area contributed by atoms with Gasteiger partial charge >= 0.3 is 0 Å². The first kappa shape index (κ1) is 23.6. The molecule has 2 aliphatic heterocycles. The molecule has 0 spiro atoms. The van der Waals surface area contributed by atoms with Gasteiger partial charge in [0.25, 0.3) is 0 Å². The van der Waals surface area contributed by atoms with Crippen LogP contribution in [0.3, 0.4) is 0 Å². The maximum atomic E-state index is 13.3. The molecule has 7 heteroatoms. The van der Waals surface area contributed by atoms with E-state index in [4.69, 9.17) is 5.73 Å². The number of likely N-dealkylation sites (tertiary alicyclic amines) is 1. The number of carbonyl (C=O) groups is 1. The van der Waals surface area contributed by atoms with Gasteiger partial charge in [-0.25, -0.2) is 0 Å². The molecule has 2 aliphatic rings. The maximum absolute atomic E-state index is 13.3. The lowest BCUT2D eigenvalue weighted by Gasteiger charge is -2.39. The SMILES string of the molecule is CC(N)C1CCN(C(=O)C(c2ccccc2)N2CCSCC2)CC1.Cl.Cl. The van der Waals surface area contributed by atoms with Crippen LogP contribution in [0.2, 0.25) is 0 Å². The number of hydrogen-bond donors (Lipinski definition) is 1. The molecule has 2 atom stereocenters. The van der Waals surface area contributed by atoms with Gasteiger partial charge in [0.05, 0.1) is 0 Å². The Kier molecular flexibility index (Phi) is 10.3. The van der Waals surface area contributed by atoms with Crippen molar-refractivity contribution < 1.29 is 4.79 Å². The second-order valence-electron chi connectivity index (χ2n) is 6.98. The van der Waals surface area contributed by atoms with Crippen molar-refractivity contribution >= 4 is 42.5 Å². The van der Waals surface area contributed by atoms with Gasteiger partial charge in [0, 0.05) is 43.7 Å². The predicted molar refractivity (Wildman–Crippen MR) is 116 cm³/mol.